The van der Waals surface area contributed by atoms with Crippen LogP contribution in [0, 0.1) is 12.8 Å². The first-order valence-corrected chi connectivity index (χ1v) is 14.2. The van der Waals surface area contributed by atoms with Crippen molar-refractivity contribution < 1.29 is 14.3 Å². The van der Waals surface area contributed by atoms with Crippen LogP contribution in [-0.4, -0.2) is 43.1 Å². The summed E-state index contributed by atoms with van der Waals surface area (Å²) >= 11 is 0. The zero-order valence-corrected chi connectivity index (χ0v) is 23.1. The van der Waals surface area contributed by atoms with E-state index < -0.39 is 5.91 Å². The van der Waals surface area contributed by atoms with Crippen LogP contribution in [0.15, 0.2) is 66.9 Å². The Morgan fingerprint density at radius 1 is 0.927 bits per heavy atom. The Bertz CT molecular complexity index is 1680. The Balaban J connectivity index is 1.24. The second-order valence-electron chi connectivity index (χ2n) is 11.2. The predicted molar refractivity (Wildman–Crippen MR) is 160 cm³/mol. The number of fused-ring (bicyclic) bond motifs is 4. The average molecular weight is 545 g/mol. The van der Waals surface area contributed by atoms with Gasteiger partial charge in [0.1, 0.15) is 5.69 Å². The highest BCUT2D eigenvalue weighted by Gasteiger charge is 2.30. The molecule has 0 bridgehead atoms. The number of nitrogens with two attached hydrogens (primary N) is 1. The maximum atomic E-state index is 13.3. The molecular formula is C34H32N4O3. The molecule has 1 aromatic heterocycles. The van der Waals surface area contributed by atoms with Crippen molar-refractivity contribution in [3.05, 3.63) is 100 Å². The first kappa shape index (κ1) is 25.5. The number of aromatic nitrogens is 1. The van der Waals surface area contributed by atoms with E-state index >= 15 is 0 Å². The summed E-state index contributed by atoms with van der Waals surface area (Å²) in [7, 11) is 0. The topological polar surface area (TPSA) is 97.6 Å². The van der Waals surface area contributed by atoms with Crippen LogP contribution >= 0.6 is 0 Å². The number of anilines is 2. The minimum atomic E-state index is -0.524. The minimum absolute atomic E-state index is 0.0369. The standard InChI is InChI=1S/C34H32N4O3/c1-20-26(7-4-8-30(20)37-34(40)24-15-21-5-2-3-6-22(21)16-24)29-19-36-32(33(35)39)28-18-23-17-25(9-10-27(23)31(28)29)38-11-13-41-14-12-38/h2-10,17,19,24H,11-16,18H2,1H3,(H2,35,39)(H,37,40). The molecule has 3 aromatic carbocycles. The number of nitrogens with one attached hydrogen (secondary N) is 1. The fourth-order valence-electron chi connectivity index (χ4n) is 6.67. The number of amides is 2. The van der Waals surface area contributed by atoms with E-state index in [1.54, 1.807) is 6.20 Å². The number of rotatable bonds is 5. The summed E-state index contributed by atoms with van der Waals surface area (Å²) in [6, 6.07) is 20.8. The highest BCUT2D eigenvalue weighted by Crippen LogP contribution is 2.46. The quantitative estimate of drug-likeness (QED) is 0.328. The summed E-state index contributed by atoms with van der Waals surface area (Å²) in [6.07, 6.45) is 3.87. The van der Waals surface area contributed by atoms with Crippen LogP contribution in [0.2, 0.25) is 0 Å². The Kier molecular flexibility index (Phi) is 6.31. The van der Waals surface area contributed by atoms with Gasteiger partial charge >= 0.3 is 0 Å². The summed E-state index contributed by atoms with van der Waals surface area (Å²) in [4.78, 5) is 32.6. The van der Waals surface area contributed by atoms with Gasteiger partial charge in [0.25, 0.3) is 5.91 Å². The lowest BCUT2D eigenvalue weighted by Crippen LogP contribution is -2.36. The number of hydrogen-bond donors (Lipinski definition) is 2. The average Bonchev–Trinajstić information content (AvgIpc) is 3.60. The molecule has 206 valence electrons. The van der Waals surface area contributed by atoms with Crippen molar-refractivity contribution in [1.82, 2.24) is 4.98 Å². The molecule has 7 rings (SSSR count). The van der Waals surface area contributed by atoms with Crippen molar-refractivity contribution >= 4 is 23.2 Å². The van der Waals surface area contributed by atoms with Crippen LogP contribution in [0.3, 0.4) is 0 Å². The van der Waals surface area contributed by atoms with Gasteiger partial charge in [-0.2, -0.15) is 0 Å². The molecule has 3 aliphatic rings. The van der Waals surface area contributed by atoms with E-state index in [2.05, 4.69) is 51.6 Å². The van der Waals surface area contributed by atoms with Crippen molar-refractivity contribution in [2.45, 2.75) is 26.2 Å². The molecular weight excluding hydrogens is 512 g/mol. The maximum Gasteiger partial charge on any atom is 0.267 e. The van der Waals surface area contributed by atoms with Gasteiger partial charge in [0, 0.05) is 48.6 Å². The van der Waals surface area contributed by atoms with E-state index in [0.717, 1.165) is 89.5 Å². The van der Waals surface area contributed by atoms with Crippen LogP contribution < -0.4 is 16.0 Å². The second kappa shape index (κ2) is 10.2. The first-order valence-electron chi connectivity index (χ1n) is 14.2. The van der Waals surface area contributed by atoms with Crippen LogP contribution in [0.1, 0.15) is 38.3 Å². The lowest BCUT2D eigenvalue weighted by atomic mass is 9.91. The normalized spacial score (nSPS) is 15.8. The molecule has 2 amide bonds. The molecule has 2 heterocycles. The number of hydrogen-bond acceptors (Lipinski definition) is 5. The molecule has 1 aliphatic heterocycles. The molecule has 7 nitrogen and oxygen atoms in total. The number of nitrogens with zero attached hydrogens (tertiary/aromatic N) is 2. The summed E-state index contributed by atoms with van der Waals surface area (Å²) < 4.78 is 5.53. The molecule has 0 atom stereocenters. The number of benzene rings is 3. The highest BCUT2D eigenvalue weighted by atomic mass is 16.5. The molecule has 41 heavy (non-hydrogen) atoms. The van der Waals surface area contributed by atoms with Crippen LogP contribution in [-0.2, 0) is 28.8 Å². The summed E-state index contributed by atoms with van der Waals surface area (Å²) in [5, 5.41) is 3.21. The van der Waals surface area contributed by atoms with E-state index in [-0.39, 0.29) is 11.8 Å². The third-order valence-corrected chi connectivity index (χ3v) is 8.82. The van der Waals surface area contributed by atoms with Gasteiger partial charge in [-0.3, -0.25) is 14.6 Å². The summed E-state index contributed by atoms with van der Waals surface area (Å²) in [5.41, 5.74) is 17.5. The molecule has 2 aliphatic carbocycles. The van der Waals surface area contributed by atoms with Gasteiger partial charge in [-0.25, -0.2) is 0 Å². The maximum absolute atomic E-state index is 13.3. The molecule has 0 saturated carbocycles. The smallest absolute Gasteiger partial charge is 0.267 e. The van der Waals surface area contributed by atoms with Gasteiger partial charge < -0.3 is 20.7 Å². The van der Waals surface area contributed by atoms with E-state index in [9.17, 15) is 9.59 Å². The molecule has 0 radical (unpaired) electrons. The van der Waals surface area contributed by atoms with Crippen LogP contribution in [0.5, 0.6) is 0 Å². The monoisotopic (exact) mass is 544 g/mol. The Morgan fingerprint density at radius 3 is 2.41 bits per heavy atom. The second-order valence-corrected chi connectivity index (χ2v) is 11.2. The summed E-state index contributed by atoms with van der Waals surface area (Å²) in [6.45, 7) is 5.18. The summed E-state index contributed by atoms with van der Waals surface area (Å²) in [5.74, 6) is -0.567. The number of primary amides is 1. The van der Waals surface area contributed by atoms with Gasteiger partial charge in [-0.1, -0.05) is 42.5 Å². The van der Waals surface area contributed by atoms with Crippen molar-refractivity contribution in [2.24, 2.45) is 11.7 Å². The number of pyridine rings is 1. The minimum Gasteiger partial charge on any atom is -0.378 e. The molecule has 1 fully saturated rings. The number of carbonyl (C=O) groups excluding carboxylic acids is 2. The highest BCUT2D eigenvalue weighted by molar-refractivity contribution is 6.01. The number of morpholine rings is 1. The third-order valence-electron chi connectivity index (χ3n) is 8.82. The lowest BCUT2D eigenvalue weighted by molar-refractivity contribution is -0.119. The number of ether oxygens (including phenoxy) is 1. The zero-order valence-electron chi connectivity index (χ0n) is 23.1. The number of carbonyl (C=O) groups is 2. The Morgan fingerprint density at radius 2 is 1.68 bits per heavy atom. The fourth-order valence-corrected chi connectivity index (χ4v) is 6.67. The predicted octanol–water partition coefficient (Wildman–Crippen LogP) is 4.92. The van der Waals surface area contributed by atoms with Crippen molar-refractivity contribution in [1.29, 1.82) is 0 Å². The molecule has 3 N–H and O–H groups in total. The van der Waals surface area contributed by atoms with E-state index in [1.807, 2.05) is 31.2 Å². The lowest BCUT2D eigenvalue weighted by Gasteiger charge is -2.29. The van der Waals surface area contributed by atoms with Gasteiger partial charge in [0.05, 0.1) is 13.2 Å². The SMILES string of the molecule is Cc1c(NC(=O)C2Cc3ccccc3C2)cccc1-c1cnc(C(N)=O)c2c1-c1ccc(N3CCOCC3)cc1C2. The van der Waals surface area contributed by atoms with Gasteiger partial charge in [-0.05, 0) is 82.5 Å². The third kappa shape index (κ3) is 4.46. The van der Waals surface area contributed by atoms with Gasteiger partial charge in [-0.15, -0.1) is 0 Å². The molecule has 0 unspecified atom stereocenters. The van der Waals surface area contributed by atoms with E-state index in [1.165, 1.54) is 11.1 Å². The zero-order chi connectivity index (χ0) is 28.1. The van der Waals surface area contributed by atoms with Gasteiger partial charge in [0.15, 0.2) is 0 Å². The van der Waals surface area contributed by atoms with E-state index in [4.69, 9.17) is 10.5 Å². The first-order chi connectivity index (χ1) is 20.0. The Hall–Kier alpha value is -4.49. The van der Waals surface area contributed by atoms with Crippen molar-refractivity contribution in [3.63, 3.8) is 0 Å². The van der Waals surface area contributed by atoms with Crippen LogP contribution in [0.4, 0.5) is 11.4 Å². The van der Waals surface area contributed by atoms with Crippen molar-refractivity contribution in [2.75, 3.05) is 36.5 Å². The van der Waals surface area contributed by atoms with Crippen molar-refractivity contribution in [3.8, 4) is 22.3 Å². The largest absolute Gasteiger partial charge is 0.378 e. The molecule has 7 heteroatoms. The van der Waals surface area contributed by atoms with Gasteiger partial charge in [0.2, 0.25) is 5.91 Å². The Labute approximate surface area is 239 Å². The van der Waals surface area contributed by atoms with E-state index in [0.29, 0.717) is 12.1 Å². The van der Waals surface area contributed by atoms with Crippen LogP contribution in [0.25, 0.3) is 22.3 Å². The fraction of sp³-hybridized carbons (Fsp3) is 0.265. The molecule has 1 saturated heterocycles. The molecule has 0 spiro atoms. The molecule has 4 aromatic rings.